The molecule has 3 aromatic rings. The van der Waals surface area contributed by atoms with Crippen LogP contribution in [0.15, 0.2) is 54.6 Å². The van der Waals surface area contributed by atoms with Crippen molar-refractivity contribution in [2.75, 3.05) is 32.1 Å². The molecule has 27 heavy (non-hydrogen) atoms. The summed E-state index contributed by atoms with van der Waals surface area (Å²) >= 11 is 1.81. The van der Waals surface area contributed by atoms with Crippen molar-refractivity contribution in [1.29, 1.82) is 0 Å². The predicted octanol–water partition coefficient (Wildman–Crippen LogP) is 3.59. The Morgan fingerprint density at radius 1 is 1.15 bits per heavy atom. The second kappa shape index (κ2) is 7.71. The fourth-order valence-corrected chi connectivity index (χ4v) is 4.90. The number of rotatable bonds is 5. The number of thiophene rings is 1. The summed E-state index contributed by atoms with van der Waals surface area (Å²) in [6.45, 7) is 2.18. The average molecular weight is 380 g/mol. The molecule has 1 fully saturated rings. The monoisotopic (exact) mass is 379 g/mol. The van der Waals surface area contributed by atoms with Crippen molar-refractivity contribution in [3.05, 3.63) is 65.0 Å². The van der Waals surface area contributed by atoms with Crippen LogP contribution in [0, 0.1) is 5.92 Å². The van der Waals surface area contributed by atoms with E-state index in [0.717, 1.165) is 24.3 Å². The van der Waals surface area contributed by atoms with Gasteiger partial charge < -0.3 is 15.5 Å². The highest BCUT2D eigenvalue weighted by molar-refractivity contribution is 7.19. The Morgan fingerprint density at radius 2 is 1.93 bits per heavy atom. The Kier molecular flexibility index (Phi) is 5.14. The van der Waals surface area contributed by atoms with Crippen LogP contribution in [-0.2, 0) is 11.3 Å². The molecule has 1 saturated heterocycles. The summed E-state index contributed by atoms with van der Waals surface area (Å²) in [7, 11) is 4.05. The molecule has 4 nitrogen and oxygen atoms in total. The maximum Gasteiger partial charge on any atom is 0.225 e. The van der Waals surface area contributed by atoms with E-state index in [1.165, 1.54) is 15.0 Å². The summed E-state index contributed by atoms with van der Waals surface area (Å²) in [4.78, 5) is 16.2. The molecule has 0 spiro atoms. The van der Waals surface area contributed by atoms with Crippen molar-refractivity contribution in [3.63, 3.8) is 0 Å². The molecule has 1 amide bonds. The summed E-state index contributed by atoms with van der Waals surface area (Å²) in [6, 6.07) is 19.0. The van der Waals surface area contributed by atoms with Crippen molar-refractivity contribution in [1.82, 2.24) is 10.6 Å². The maximum atomic E-state index is 12.8. The Balaban J connectivity index is 1.43. The van der Waals surface area contributed by atoms with Crippen LogP contribution < -0.4 is 15.5 Å². The lowest BCUT2D eigenvalue weighted by Gasteiger charge is -2.17. The number of benzene rings is 2. The van der Waals surface area contributed by atoms with Gasteiger partial charge in [0.25, 0.3) is 0 Å². The zero-order valence-corrected chi connectivity index (χ0v) is 16.6. The van der Waals surface area contributed by atoms with Gasteiger partial charge in [0, 0.05) is 54.9 Å². The SMILES string of the molecule is CN(C)c1ccc(CNC(=O)[C@H]2CNC[C@@H]2c2cc3ccccc3s2)cc1. The zero-order chi connectivity index (χ0) is 18.8. The first-order valence-corrected chi connectivity index (χ1v) is 10.2. The number of carbonyl (C=O) groups is 1. The highest BCUT2D eigenvalue weighted by Crippen LogP contribution is 2.36. The highest BCUT2D eigenvalue weighted by Gasteiger charge is 2.34. The van der Waals surface area contributed by atoms with Crippen molar-refractivity contribution in [3.8, 4) is 0 Å². The Bertz CT molecular complexity index is 899. The molecule has 1 aliphatic heterocycles. The van der Waals surface area contributed by atoms with E-state index in [2.05, 4.69) is 70.1 Å². The summed E-state index contributed by atoms with van der Waals surface area (Å²) in [5.74, 6) is 0.372. The number of anilines is 1. The predicted molar refractivity (Wildman–Crippen MR) is 114 cm³/mol. The average Bonchev–Trinajstić information content (AvgIpc) is 3.32. The van der Waals surface area contributed by atoms with E-state index >= 15 is 0 Å². The molecular weight excluding hydrogens is 354 g/mol. The van der Waals surface area contributed by atoms with Crippen molar-refractivity contribution >= 4 is 33.0 Å². The van der Waals surface area contributed by atoms with Crippen LogP contribution in [-0.4, -0.2) is 33.1 Å². The third kappa shape index (κ3) is 3.84. The fourth-order valence-electron chi connectivity index (χ4n) is 3.67. The lowest BCUT2D eigenvalue weighted by atomic mass is 9.93. The molecule has 2 atom stereocenters. The van der Waals surface area contributed by atoms with E-state index in [1.807, 2.05) is 25.4 Å². The minimum Gasteiger partial charge on any atom is -0.378 e. The van der Waals surface area contributed by atoms with Crippen LogP contribution in [0.2, 0.25) is 0 Å². The van der Waals surface area contributed by atoms with Gasteiger partial charge in [-0.05, 0) is 35.2 Å². The molecule has 2 N–H and O–H groups in total. The molecule has 1 aliphatic rings. The minimum absolute atomic E-state index is 0.0147. The van der Waals surface area contributed by atoms with Gasteiger partial charge in [-0.3, -0.25) is 4.79 Å². The largest absolute Gasteiger partial charge is 0.378 e. The van der Waals surface area contributed by atoms with Gasteiger partial charge in [-0.1, -0.05) is 30.3 Å². The van der Waals surface area contributed by atoms with Crippen LogP contribution in [0.1, 0.15) is 16.4 Å². The molecule has 0 bridgehead atoms. The molecule has 5 heteroatoms. The Morgan fingerprint density at radius 3 is 2.67 bits per heavy atom. The normalized spacial score (nSPS) is 19.3. The number of carbonyl (C=O) groups excluding carboxylic acids is 1. The van der Waals surface area contributed by atoms with Crippen LogP contribution >= 0.6 is 11.3 Å². The van der Waals surface area contributed by atoms with Gasteiger partial charge in [0.2, 0.25) is 5.91 Å². The standard InChI is InChI=1S/C22H25N3OS/c1-25(2)17-9-7-15(8-10-17)12-24-22(26)19-14-23-13-18(19)21-11-16-5-3-4-6-20(16)27-21/h3-11,18-19,23H,12-14H2,1-2H3,(H,24,26)/t18-,19-/m0/s1. The van der Waals surface area contributed by atoms with Crippen LogP contribution in [0.4, 0.5) is 5.69 Å². The Hall–Kier alpha value is -2.37. The van der Waals surface area contributed by atoms with E-state index in [-0.39, 0.29) is 17.7 Å². The van der Waals surface area contributed by atoms with E-state index in [1.54, 1.807) is 0 Å². The molecule has 2 heterocycles. The van der Waals surface area contributed by atoms with Crippen LogP contribution in [0.3, 0.4) is 0 Å². The van der Waals surface area contributed by atoms with E-state index < -0.39 is 0 Å². The van der Waals surface area contributed by atoms with Crippen molar-refractivity contribution in [2.24, 2.45) is 5.92 Å². The first-order chi connectivity index (χ1) is 13.1. The molecular formula is C22H25N3OS. The van der Waals surface area contributed by atoms with Gasteiger partial charge in [0.05, 0.1) is 5.92 Å². The molecule has 0 saturated carbocycles. The van der Waals surface area contributed by atoms with Gasteiger partial charge in [-0.2, -0.15) is 0 Å². The number of hydrogen-bond acceptors (Lipinski definition) is 4. The van der Waals surface area contributed by atoms with Gasteiger partial charge >= 0.3 is 0 Å². The number of hydrogen-bond donors (Lipinski definition) is 2. The third-order valence-electron chi connectivity index (χ3n) is 5.28. The number of nitrogens with zero attached hydrogens (tertiary/aromatic N) is 1. The molecule has 4 rings (SSSR count). The lowest BCUT2D eigenvalue weighted by molar-refractivity contribution is -0.124. The quantitative estimate of drug-likeness (QED) is 0.712. The van der Waals surface area contributed by atoms with Gasteiger partial charge in [-0.25, -0.2) is 0 Å². The third-order valence-corrected chi connectivity index (χ3v) is 6.53. The highest BCUT2D eigenvalue weighted by atomic mass is 32.1. The smallest absolute Gasteiger partial charge is 0.225 e. The Labute approximate surface area is 164 Å². The second-order valence-corrected chi connectivity index (χ2v) is 8.45. The molecule has 0 aliphatic carbocycles. The lowest BCUT2D eigenvalue weighted by Crippen LogP contribution is -2.33. The number of fused-ring (bicyclic) bond motifs is 1. The first-order valence-electron chi connectivity index (χ1n) is 9.35. The van der Waals surface area contributed by atoms with Crippen molar-refractivity contribution in [2.45, 2.75) is 12.5 Å². The summed E-state index contributed by atoms with van der Waals surface area (Å²) in [5.41, 5.74) is 2.29. The maximum absolute atomic E-state index is 12.8. The van der Waals surface area contributed by atoms with Crippen LogP contribution in [0.25, 0.3) is 10.1 Å². The topological polar surface area (TPSA) is 44.4 Å². The van der Waals surface area contributed by atoms with Crippen molar-refractivity contribution < 1.29 is 4.79 Å². The van der Waals surface area contributed by atoms with Gasteiger partial charge in [-0.15, -0.1) is 11.3 Å². The van der Waals surface area contributed by atoms with Gasteiger partial charge in [0.15, 0.2) is 0 Å². The van der Waals surface area contributed by atoms with E-state index in [9.17, 15) is 4.79 Å². The number of nitrogens with one attached hydrogen (secondary N) is 2. The summed E-state index contributed by atoms with van der Waals surface area (Å²) in [6.07, 6.45) is 0. The molecule has 0 radical (unpaired) electrons. The summed E-state index contributed by atoms with van der Waals surface area (Å²) in [5, 5.41) is 7.81. The van der Waals surface area contributed by atoms with Crippen LogP contribution in [0.5, 0.6) is 0 Å². The van der Waals surface area contributed by atoms with E-state index in [4.69, 9.17) is 0 Å². The minimum atomic E-state index is -0.0147. The summed E-state index contributed by atoms with van der Waals surface area (Å²) < 4.78 is 1.29. The first kappa shape index (κ1) is 18.0. The van der Waals surface area contributed by atoms with Gasteiger partial charge in [0.1, 0.15) is 0 Å². The molecule has 0 unspecified atom stereocenters. The molecule has 1 aromatic heterocycles. The zero-order valence-electron chi connectivity index (χ0n) is 15.7. The van der Waals surface area contributed by atoms with E-state index in [0.29, 0.717) is 6.54 Å². The molecule has 140 valence electrons. The molecule has 2 aromatic carbocycles. The second-order valence-electron chi connectivity index (χ2n) is 7.34. The number of amides is 1. The fraction of sp³-hybridized carbons (Fsp3) is 0.318.